The molecule has 1 atom stereocenters. The van der Waals surface area contributed by atoms with Gasteiger partial charge in [-0.2, -0.15) is 26.3 Å². The average molecular weight is 310 g/mol. The molecule has 0 fully saturated rings. The molecule has 118 valence electrons. The Hall–Kier alpha value is -1.20. The topological polar surface area (TPSA) is 0 Å². The maximum absolute atomic E-state index is 13.6. The maximum Gasteiger partial charge on any atom is 0.407 e. The zero-order chi connectivity index (χ0) is 15.7. The van der Waals surface area contributed by atoms with E-state index in [1.165, 1.54) is 12.2 Å². The molecular weight excluding hydrogens is 294 g/mol. The predicted molar refractivity (Wildman–Crippen MR) is 67.5 cm³/mol. The van der Waals surface area contributed by atoms with E-state index >= 15 is 0 Å². The molecule has 6 heteroatoms. The van der Waals surface area contributed by atoms with Crippen molar-refractivity contribution < 1.29 is 26.3 Å². The molecule has 0 aromatic heterocycles. The molecule has 0 spiro atoms. The van der Waals surface area contributed by atoms with Crippen LogP contribution in [0.3, 0.4) is 0 Å². The monoisotopic (exact) mass is 310 g/mol. The number of hydrogen-bond donors (Lipinski definition) is 0. The first kappa shape index (κ1) is 16.2. The zero-order valence-electron chi connectivity index (χ0n) is 11.3. The zero-order valence-corrected chi connectivity index (χ0v) is 11.3. The smallest absolute Gasteiger partial charge is 0.170 e. The summed E-state index contributed by atoms with van der Waals surface area (Å²) in [6.07, 6.45) is -3.36. The second-order valence-corrected chi connectivity index (χ2v) is 5.41. The van der Waals surface area contributed by atoms with E-state index in [0.29, 0.717) is 19.3 Å². The summed E-state index contributed by atoms with van der Waals surface area (Å²) < 4.78 is 81.7. The van der Waals surface area contributed by atoms with Crippen molar-refractivity contribution in [2.75, 3.05) is 0 Å². The van der Waals surface area contributed by atoms with E-state index in [0.717, 1.165) is 18.2 Å². The normalized spacial score (nSPS) is 24.1. The lowest BCUT2D eigenvalue weighted by Gasteiger charge is -2.44. The first-order chi connectivity index (χ1) is 9.71. The van der Waals surface area contributed by atoms with Gasteiger partial charge in [0.05, 0.1) is 0 Å². The Labute approximate surface area is 119 Å². The van der Waals surface area contributed by atoms with Crippen LogP contribution in [0.5, 0.6) is 0 Å². The second kappa shape index (κ2) is 5.54. The number of halogens is 6. The molecule has 0 bridgehead atoms. The Bertz CT molecular complexity index is 450. The maximum atomic E-state index is 13.6. The van der Waals surface area contributed by atoms with Crippen LogP contribution >= 0.6 is 0 Å². The Morgan fingerprint density at radius 2 is 1.52 bits per heavy atom. The summed E-state index contributed by atoms with van der Waals surface area (Å²) in [7, 11) is 0. The molecule has 1 unspecified atom stereocenters. The van der Waals surface area contributed by atoms with Crippen molar-refractivity contribution in [1.82, 2.24) is 0 Å². The molecule has 21 heavy (non-hydrogen) atoms. The van der Waals surface area contributed by atoms with Crippen LogP contribution in [-0.4, -0.2) is 12.4 Å². The van der Waals surface area contributed by atoms with Crippen LogP contribution < -0.4 is 0 Å². The third-order valence-electron chi connectivity index (χ3n) is 4.16. The second-order valence-electron chi connectivity index (χ2n) is 5.41. The first-order valence-corrected chi connectivity index (χ1v) is 6.88. The number of alkyl halides is 6. The highest BCUT2D eigenvalue weighted by atomic mass is 19.4. The van der Waals surface area contributed by atoms with Gasteiger partial charge in [0.1, 0.15) is 0 Å². The fourth-order valence-electron chi connectivity index (χ4n) is 3.20. The highest BCUT2D eigenvalue weighted by Gasteiger charge is 2.74. The van der Waals surface area contributed by atoms with Crippen molar-refractivity contribution in [3.8, 4) is 0 Å². The van der Waals surface area contributed by atoms with Crippen LogP contribution in [0, 0.1) is 11.3 Å². The van der Waals surface area contributed by atoms with Gasteiger partial charge in [0.2, 0.25) is 0 Å². The van der Waals surface area contributed by atoms with E-state index in [1.54, 1.807) is 0 Å². The van der Waals surface area contributed by atoms with Gasteiger partial charge in [0.25, 0.3) is 0 Å². The van der Waals surface area contributed by atoms with Crippen LogP contribution in [0.25, 0.3) is 0 Å². The Balaban J connectivity index is 2.65. The van der Waals surface area contributed by atoms with Gasteiger partial charge >= 0.3 is 12.4 Å². The van der Waals surface area contributed by atoms with Gasteiger partial charge in [0, 0.05) is 5.92 Å². The third kappa shape index (κ3) is 2.64. The van der Waals surface area contributed by atoms with Crippen LogP contribution in [0.1, 0.15) is 32.1 Å². The van der Waals surface area contributed by atoms with Crippen LogP contribution in [-0.2, 0) is 0 Å². The molecule has 0 heterocycles. The summed E-state index contributed by atoms with van der Waals surface area (Å²) >= 11 is 0. The summed E-state index contributed by atoms with van der Waals surface area (Å²) in [4.78, 5) is 0. The average Bonchev–Trinajstić information content (AvgIpc) is 2.38. The Morgan fingerprint density at radius 1 is 0.857 bits per heavy atom. The molecule has 2 aliphatic rings. The van der Waals surface area contributed by atoms with Gasteiger partial charge in [-0.1, -0.05) is 30.4 Å². The lowest BCUT2D eigenvalue weighted by atomic mass is 9.64. The molecule has 0 radical (unpaired) electrons. The van der Waals surface area contributed by atoms with Crippen LogP contribution in [0.4, 0.5) is 26.3 Å². The highest BCUT2D eigenvalue weighted by molar-refractivity contribution is 5.36. The van der Waals surface area contributed by atoms with E-state index < -0.39 is 29.3 Å². The van der Waals surface area contributed by atoms with Crippen molar-refractivity contribution >= 4 is 0 Å². The van der Waals surface area contributed by atoms with E-state index in [9.17, 15) is 26.3 Å². The minimum absolute atomic E-state index is 0.110. The van der Waals surface area contributed by atoms with Gasteiger partial charge < -0.3 is 0 Å². The Morgan fingerprint density at radius 3 is 1.95 bits per heavy atom. The molecular formula is C15H16F6. The quantitative estimate of drug-likeness (QED) is 0.451. The van der Waals surface area contributed by atoms with E-state index in [1.807, 2.05) is 0 Å². The van der Waals surface area contributed by atoms with Gasteiger partial charge in [-0.3, -0.25) is 0 Å². The summed E-state index contributed by atoms with van der Waals surface area (Å²) in [5.41, 5.74) is -4.46. The lowest BCUT2D eigenvalue weighted by Crippen LogP contribution is -2.56. The SMILES string of the molecule is FC(F)(F)C(C1=CCCC=C1)(C1C=CCCC1)C(F)(F)F. The molecule has 2 aliphatic carbocycles. The van der Waals surface area contributed by atoms with Crippen LogP contribution in [0.15, 0.2) is 36.0 Å². The van der Waals surface area contributed by atoms with Gasteiger partial charge in [-0.05, 0) is 37.7 Å². The van der Waals surface area contributed by atoms with Crippen molar-refractivity contribution in [3.63, 3.8) is 0 Å². The lowest BCUT2D eigenvalue weighted by molar-refractivity contribution is -0.337. The Kier molecular flexibility index (Phi) is 4.26. The molecule has 0 aliphatic heterocycles. The van der Waals surface area contributed by atoms with Gasteiger partial charge in [0.15, 0.2) is 5.41 Å². The molecule has 0 amide bonds. The molecule has 0 saturated heterocycles. The summed E-state index contributed by atoms with van der Waals surface area (Å²) in [6, 6.07) is 0. The molecule has 0 nitrogen and oxygen atoms in total. The molecule has 0 N–H and O–H groups in total. The minimum atomic E-state index is -5.38. The van der Waals surface area contributed by atoms with Crippen molar-refractivity contribution in [3.05, 3.63) is 36.0 Å². The van der Waals surface area contributed by atoms with Crippen molar-refractivity contribution in [2.45, 2.75) is 44.5 Å². The summed E-state index contributed by atoms with van der Waals surface area (Å²) in [5.74, 6) is -1.60. The molecule has 0 saturated carbocycles. The van der Waals surface area contributed by atoms with Gasteiger partial charge in [-0.25, -0.2) is 0 Å². The third-order valence-corrected chi connectivity index (χ3v) is 4.16. The van der Waals surface area contributed by atoms with Crippen molar-refractivity contribution in [2.24, 2.45) is 11.3 Å². The fourth-order valence-corrected chi connectivity index (χ4v) is 3.20. The largest absolute Gasteiger partial charge is 0.407 e. The summed E-state index contributed by atoms with van der Waals surface area (Å²) in [6.45, 7) is 0. The highest BCUT2D eigenvalue weighted by Crippen LogP contribution is 2.61. The van der Waals surface area contributed by atoms with E-state index in [-0.39, 0.29) is 12.8 Å². The molecule has 2 rings (SSSR count). The first-order valence-electron chi connectivity index (χ1n) is 6.88. The van der Waals surface area contributed by atoms with E-state index in [4.69, 9.17) is 0 Å². The van der Waals surface area contributed by atoms with Crippen molar-refractivity contribution in [1.29, 1.82) is 0 Å². The molecule has 0 aromatic carbocycles. The van der Waals surface area contributed by atoms with Gasteiger partial charge in [-0.15, -0.1) is 0 Å². The number of rotatable bonds is 2. The van der Waals surface area contributed by atoms with E-state index in [2.05, 4.69) is 0 Å². The van der Waals surface area contributed by atoms with Crippen LogP contribution in [0.2, 0.25) is 0 Å². The molecule has 0 aromatic rings. The fraction of sp³-hybridized carbons (Fsp3) is 0.600. The number of hydrogen-bond acceptors (Lipinski definition) is 0. The number of allylic oxidation sites excluding steroid dienone is 6. The minimum Gasteiger partial charge on any atom is -0.170 e. The summed E-state index contributed by atoms with van der Waals surface area (Å²) in [5, 5.41) is 0. The standard InChI is InChI=1S/C15H16F6/c16-14(17,18)13(15(19,20)21,11-7-3-1-4-8-11)12-9-5-2-6-10-12/h3,5,7-9,12H,1-2,4,6,10H2. The predicted octanol–water partition coefficient (Wildman–Crippen LogP) is 5.73.